The van der Waals surface area contributed by atoms with Gasteiger partial charge in [-0.3, -0.25) is 19.7 Å². The number of carboxylic acid groups (broad SMARTS) is 1. The minimum atomic E-state index is -1.06. The van der Waals surface area contributed by atoms with Crippen LogP contribution in [0.2, 0.25) is 0 Å². The van der Waals surface area contributed by atoms with E-state index >= 15 is 0 Å². The smallest absolute Gasteiger partial charge is 0.311 e. The second kappa shape index (κ2) is 7.41. The number of ether oxygens (including phenoxy) is 1. The zero-order valence-electron chi connectivity index (χ0n) is 15.2. The molecule has 8 nitrogen and oxygen atoms in total. The molecule has 1 aromatic carbocycles. The maximum absolute atomic E-state index is 12.4. The first-order chi connectivity index (χ1) is 12.1. The van der Waals surface area contributed by atoms with E-state index in [9.17, 15) is 24.8 Å². The third-order valence-electron chi connectivity index (χ3n) is 4.76. The fourth-order valence-corrected chi connectivity index (χ4v) is 3.04. The molecule has 0 spiro atoms. The molecule has 1 aliphatic heterocycles. The summed E-state index contributed by atoms with van der Waals surface area (Å²) in [6.45, 7) is 6.19. The Balaban J connectivity index is 2.20. The van der Waals surface area contributed by atoms with Crippen LogP contribution in [0.25, 0.3) is 0 Å². The molecule has 2 rings (SSSR count). The number of amides is 1. The van der Waals surface area contributed by atoms with Crippen LogP contribution >= 0.6 is 0 Å². The summed E-state index contributed by atoms with van der Waals surface area (Å²) in [6.07, 6.45) is 0.622. The molecule has 142 valence electrons. The van der Waals surface area contributed by atoms with E-state index in [4.69, 9.17) is 4.74 Å². The van der Waals surface area contributed by atoms with Gasteiger partial charge in [0.15, 0.2) is 0 Å². The van der Waals surface area contributed by atoms with Gasteiger partial charge in [0.1, 0.15) is 0 Å². The second-order valence-corrected chi connectivity index (χ2v) is 7.62. The second-order valence-electron chi connectivity index (χ2n) is 7.62. The predicted molar refractivity (Wildman–Crippen MR) is 94.3 cm³/mol. The number of aliphatic carboxylic acids is 1. The van der Waals surface area contributed by atoms with Crippen molar-refractivity contribution in [3.8, 4) is 0 Å². The number of carbonyl (C=O) groups is 2. The van der Waals surface area contributed by atoms with Crippen LogP contribution in [0.5, 0.6) is 0 Å². The van der Waals surface area contributed by atoms with Crippen LogP contribution in [0.1, 0.15) is 49.5 Å². The van der Waals surface area contributed by atoms with E-state index in [0.717, 1.165) is 0 Å². The number of nitro groups is 1. The highest BCUT2D eigenvalue weighted by Crippen LogP contribution is 2.32. The van der Waals surface area contributed by atoms with Crippen molar-refractivity contribution in [3.63, 3.8) is 0 Å². The average molecular weight is 364 g/mol. The van der Waals surface area contributed by atoms with Crippen LogP contribution in [0, 0.1) is 15.5 Å². The normalized spacial score (nSPS) is 16.7. The first-order valence-corrected chi connectivity index (χ1v) is 8.45. The number of rotatable bonds is 5. The number of hydrogen-bond donors (Lipinski definition) is 2. The molecule has 2 N–H and O–H groups in total. The molecule has 0 aromatic heterocycles. The number of benzene rings is 1. The maximum Gasteiger partial charge on any atom is 0.311 e. The summed E-state index contributed by atoms with van der Waals surface area (Å²) in [5, 5.41) is 23.5. The summed E-state index contributed by atoms with van der Waals surface area (Å²) in [7, 11) is 0. The fraction of sp³-hybridized carbons (Fsp3) is 0.556. The molecule has 1 amide bonds. The molecule has 1 saturated heterocycles. The quantitative estimate of drug-likeness (QED) is 0.612. The molecule has 1 heterocycles. The van der Waals surface area contributed by atoms with Gasteiger partial charge in [0.25, 0.3) is 11.6 Å². The first-order valence-electron chi connectivity index (χ1n) is 8.45. The Morgan fingerprint density at radius 1 is 1.31 bits per heavy atom. The van der Waals surface area contributed by atoms with E-state index < -0.39 is 27.6 Å². The van der Waals surface area contributed by atoms with Crippen molar-refractivity contribution in [1.29, 1.82) is 0 Å². The average Bonchev–Trinajstić information content (AvgIpc) is 2.59. The van der Waals surface area contributed by atoms with Gasteiger partial charge in [0.05, 0.1) is 10.3 Å². The van der Waals surface area contributed by atoms with Crippen molar-refractivity contribution >= 4 is 17.6 Å². The lowest BCUT2D eigenvalue weighted by atomic mass is 9.80. The lowest BCUT2D eigenvalue weighted by Gasteiger charge is -2.33. The van der Waals surface area contributed by atoms with Gasteiger partial charge in [-0.05, 0) is 24.3 Å². The highest BCUT2D eigenvalue weighted by Gasteiger charge is 2.40. The van der Waals surface area contributed by atoms with Gasteiger partial charge in [-0.2, -0.15) is 0 Å². The number of carbonyl (C=O) groups excluding carboxylic acids is 1. The van der Waals surface area contributed by atoms with Crippen molar-refractivity contribution in [1.82, 2.24) is 5.32 Å². The zero-order valence-corrected chi connectivity index (χ0v) is 15.2. The van der Waals surface area contributed by atoms with Crippen LogP contribution in [0.3, 0.4) is 0 Å². The van der Waals surface area contributed by atoms with Crippen molar-refractivity contribution in [2.24, 2.45) is 5.41 Å². The Morgan fingerprint density at radius 3 is 2.42 bits per heavy atom. The Labute approximate surface area is 151 Å². The summed E-state index contributed by atoms with van der Waals surface area (Å²) >= 11 is 0. The standard InChI is InChI=1S/C18H24N2O6/c1-17(2,3)13-5-4-12(10-14(13)20(24)25)15(21)19-11-18(16(22)23)6-8-26-9-7-18/h4-5,10H,6-9,11H2,1-3H3,(H,19,21)(H,22,23). The number of carboxylic acids is 1. The molecular weight excluding hydrogens is 340 g/mol. The minimum absolute atomic E-state index is 0.0423. The molecule has 1 fully saturated rings. The molecular formula is C18H24N2O6. The topological polar surface area (TPSA) is 119 Å². The Morgan fingerprint density at radius 2 is 1.92 bits per heavy atom. The van der Waals surface area contributed by atoms with E-state index in [2.05, 4.69) is 5.32 Å². The maximum atomic E-state index is 12.4. The number of nitro benzene ring substituents is 1. The number of nitrogens with zero attached hydrogens (tertiary/aromatic N) is 1. The Bertz CT molecular complexity index is 717. The molecule has 1 aliphatic rings. The molecule has 0 unspecified atom stereocenters. The zero-order chi connectivity index (χ0) is 19.5. The SMILES string of the molecule is CC(C)(C)c1ccc(C(=O)NCC2(C(=O)O)CCOCC2)cc1[N+](=O)[O-]. The molecule has 0 radical (unpaired) electrons. The monoisotopic (exact) mass is 364 g/mol. The van der Waals surface area contributed by atoms with E-state index in [1.807, 2.05) is 20.8 Å². The van der Waals surface area contributed by atoms with Crippen LogP contribution in [-0.2, 0) is 14.9 Å². The lowest BCUT2D eigenvalue weighted by molar-refractivity contribution is -0.386. The molecule has 0 saturated carbocycles. The van der Waals surface area contributed by atoms with Crippen molar-refractivity contribution in [3.05, 3.63) is 39.4 Å². The summed E-state index contributed by atoms with van der Waals surface area (Å²) in [6, 6.07) is 4.35. The van der Waals surface area contributed by atoms with Gasteiger partial charge in [0, 0.05) is 37.0 Å². The summed E-state index contributed by atoms with van der Waals surface area (Å²) in [4.78, 5) is 34.9. The third-order valence-corrected chi connectivity index (χ3v) is 4.76. The molecule has 0 aliphatic carbocycles. The Kier molecular flexibility index (Phi) is 5.65. The summed E-state index contributed by atoms with van der Waals surface area (Å²) in [5.41, 5.74) is -0.954. The lowest BCUT2D eigenvalue weighted by Crippen LogP contribution is -2.46. The molecule has 0 bridgehead atoms. The van der Waals surface area contributed by atoms with Crippen LogP contribution in [0.4, 0.5) is 5.69 Å². The third kappa shape index (κ3) is 4.19. The predicted octanol–water partition coefficient (Wildman–Crippen LogP) is 2.50. The van der Waals surface area contributed by atoms with Crippen LogP contribution < -0.4 is 5.32 Å². The molecule has 26 heavy (non-hydrogen) atoms. The molecule has 1 aromatic rings. The van der Waals surface area contributed by atoms with Gasteiger partial charge < -0.3 is 15.2 Å². The van der Waals surface area contributed by atoms with Crippen molar-refractivity contribution in [2.75, 3.05) is 19.8 Å². The van der Waals surface area contributed by atoms with Crippen molar-refractivity contribution in [2.45, 2.75) is 39.0 Å². The minimum Gasteiger partial charge on any atom is -0.481 e. The molecule has 0 atom stereocenters. The van der Waals surface area contributed by atoms with E-state index in [-0.39, 0.29) is 17.8 Å². The Hall–Kier alpha value is -2.48. The van der Waals surface area contributed by atoms with Gasteiger partial charge in [-0.1, -0.05) is 26.8 Å². The van der Waals surface area contributed by atoms with Crippen molar-refractivity contribution < 1.29 is 24.4 Å². The molecule has 8 heteroatoms. The van der Waals surface area contributed by atoms with Gasteiger partial charge in [-0.25, -0.2) is 0 Å². The highest BCUT2D eigenvalue weighted by atomic mass is 16.6. The summed E-state index contributed by atoms with van der Waals surface area (Å²) < 4.78 is 5.20. The largest absolute Gasteiger partial charge is 0.481 e. The van der Waals surface area contributed by atoms with Gasteiger partial charge in [-0.15, -0.1) is 0 Å². The van der Waals surface area contributed by atoms with E-state index in [1.165, 1.54) is 12.1 Å². The summed E-state index contributed by atoms with van der Waals surface area (Å²) in [5.74, 6) is -1.50. The number of hydrogen-bond acceptors (Lipinski definition) is 5. The van der Waals surface area contributed by atoms with E-state index in [1.54, 1.807) is 6.07 Å². The first kappa shape index (κ1) is 19.8. The van der Waals surface area contributed by atoms with Crippen LogP contribution in [0.15, 0.2) is 18.2 Å². The fourth-order valence-electron chi connectivity index (χ4n) is 3.04. The van der Waals surface area contributed by atoms with Gasteiger partial charge in [0.2, 0.25) is 0 Å². The number of nitrogens with one attached hydrogen (secondary N) is 1. The van der Waals surface area contributed by atoms with E-state index in [0.29, 0.717) is 31.6 Å². The highest BCUT2D eigenvalue weighted by molar-refractivity contribution is 5.95. The van der Waals surface area contributed by atoms with Crippen LogP contribution in [-0.4, -0.2) is 41.7 Å². The van der Waals surface area contributed by atoms with Gasteiger partial charge >= 0.3 is 5.97 Å².